The molecule has 6 nitrogen and oxygen atoms in total. The van der Waals surface area contributed by atoms with Gasteiger partial charge in [-0.25, -0.2) is 4.98 Å². The molecular weight excluding hydrogens is 408 g/mol. The van der Waals surface area contributed by atoms with Crippen LogP contribution >= 0.6 is 11.3 Å². The lowest BCUT2D eigenvalue weighted by Crippen LogP contribution is -2.18. The molecule has 2 aromatic heterocycles. The first kappa shape index (κ1) is 20.4. The van der Waals surface area contributed by atoms with E-state index < -0.39 is 0 Å². The largest absolute Gasteiger partial charge is 0.352 e. The molecule has 0 atom stereocenters. The van der Waals surface area contributed by atoms with Gasteiger partial charge in [0, 0.05) is 47.6 Å². The van der Waals surface area contributed by atoms with Gasteiger partial charge in [-0.15, -0.1) is 11.3 Å². The Morgan fingerprint density at radius 3 is 2.68 bits per heavy atom. The third-order valence-corrected chi connectivity index (χ3v) is 5.36. The Morgan fingerprint density at radius 2 is 1.87 bits per heavy atom. The molecule has 0 unspecified atom stereocenters. The number of carbonyl (C=O) groups excluding carboxylic acids is 2. The smallest absolute Gasteiger partial charge is 0.250 e. The lowest BCUT2D eigenvalue weighted by Gasteiger charge is -2.03. The van der Waals surface area contributed by atoms with Gasteiger partial charge in [0.1, 0.15) is 0 Å². The first-order valence-corrected chi connectivity index (χ1v) is 10.6. The zero-order chi connectivity index (χ0) is 21.6. The number of para-hydroxylation sites is 1. The van der Waals surface area contributed by atoms with Crippen LogP contribution in [-0.2, 0) is 16.1 Å². The summed E-state index contributed by atoms with van der Waals surface area (Å²) < 4.78 is 0. The molecule has 2 heterocycles. The Balaban J connectivity index is 1.41. The van der Waals surface area contributed by atoms with Gasteiger partial charge in [-0.2, -0.15) is 0 Å². The van der Waals surface area contributed by atoms with E-state index in [4.69, 9.17) is 0 Å². The molecule has 2 aromatic carbocycles. The molecule has 2 amide bonds. The molecule has 2 N–H and O–H groups in total. The molecule has 31 heavy (non-hydrogen) atoms. The molecular formula is C24H20N4O2S. The van der Waals surface area contributed by atoms with Crippen molar-refractivity contribution in [2.45, 2.75) is 13.5 Å². The van der Waals surface area contributed by atoms with Crippen molar-refractivity contribution >= 4 is 45.3 Å². The van der Waals surface area contributed by atoms with Gasteiger partial charge in [0.25, 0.3) is 0 Å². The lowest BCUT2D eigenvalue weighted by atomic mass is 10.1. The highest BCUT2D eigenvalue weighted by atomic mass is 32.1. The summed E-state index contributed by atoms with van der Waals surface area (Å²) in [6.07, 6.45) is 4.98. The summed E-state index contributed by atoms with van der Waals surface area (Å²) in [5.74, 6) is -0.311. The number of thiazole rings is 1. The van der Waals surface area contributed by atoms with Gasteiger partial charge in [-0.05, 0) is 17.7 Å². The maximum absolute atomic E-state index is 12.4. The summed E-state index contributed by atoms with van der Waals surface area (Å²) in [6, 6.07) is 17.5. The second kappa shape index (κ2) is 9.32. The zero-order valence-corrected chi connectivity index (χ0v) is 17.6. The van der Waals surface area contributed by atoms with E-state index in [1.165, 1.54) is 24.3 Å². The van der Waals surface area contributed by atoms with E-state index in [-0.39, 0.29) is 11.8 Å². The maximum atomic E-state index is 12.4. The van der Waals surface area contributed by atoms with Gasteiger partial charge in [0.15, 0.2) is 5.13 Å². The number of nitrogens with one attached hydrogen (secondary N) is 2. The van der Waals surface area contributed by atoms with Crippen LogP contribution in [-0.4, -0.2) is 21.8 Å². The van der Waals surface area contributed by atoms with Crippen LogP contribution in [0.25, 0.3) is 28.2 Å². The molecule has 7 heteroatoms. The summed E-state index contributed by atoms with van der Waals surface area (Å²) in [6.45, 7) is 1.99. The minimum Gasteiger partial charge on any atom is -0.352 e. The number of hydrogen-bond acceptors (Lipinski definition) is 5. The molecule has 0 radical (unpaired) electrons. The molecule has 0 aliphatic heterocycles. The quantitative estimate of drug-likeness (QED) is 0.438. The highest BCUT2D eigenvalue weighted by molar-refractivity contribution is 7.14. The molecule has 0 aliphatic carbocycles. The number of pyridine rings is 1. The summed E-state index contributed by atoms with van der Waals surface area (Å²) in [7, 11) is 0. The van der Waals surface area contributed by atoms with Crippen LogP contribution in [0.3, 0.4) is 0 Å². The Morgan fingerprint density at radius 1 is 1.06 bits per heavy atom. The number of rotatable bonds is 6. The maximum Gasteiger partial charge on any atom is 0.250 e. The number of nitrogens with zero attached hydrogens (tertiary/aromatic N) is 2. The van der Waals surface area contributed by atoms with Crippen LogP contribution in [0.15, 0.2) is 72.3 Å². The van der Waals surface area contributed by atoms with Gasteiger partial charge in [0.2, 0.25) is 11.8 Å². The number of benzene rings is 2. The van der Waals surface area contributed by atoms with Crippen LogP contribution in [0.5, 0.6) is 0 Å². The average Bonchev–Trinajstić information content (AvgIpc) is 3.25. The molecule has 0 aliphatic rings. The lowest BCUT2D eigenvalue weighted by molar-refractivity contribution is -0.119. The summed E-state index contributed by atoms with van der Waals surface area (Å²) in [5.41, 5.74) is 4.48. The average molecular weight is 429 g/mol. The Labute approximate surface area is 183 Å². The van der Waals surface area contributed by atoms with Crippen LogP contribution < -0.4 is 10.6 Å². The summed E-state index contributed by atoms with van der Waals surface area (Å²) in [5, 5.41) is 9.03. The van der Waals surface area contributed by atoms with E-state index in [2.05, 4.69) is 20.6 Å². The fourth-order valence-corrected chi connectivity index (χ4v) is 3.78. The predicted molar refractivity (Wildman–Crippen MR) is 124 cm³/mol. The molecule has 0 spiro atoms. The van der Waals surface area contributed by atoms with E-state index in [0.29, 0.717) is 11.7 Å². The Hall–Kier alpha value is -3.84. The molecule has 154 valence electrons. The third-order valence-electron chi connectivity index (χ3n) is 4.60. The second-order valence-electron chi connectivity index (χ2n) is 6.89. The standard InChI is InChI=1S/C24H20N4O2S/c1-16(29)26-14-17-7-9-18(10-8-17)21-15-31-24(27-21)28-22(30)12-11-20-5-2-4-19-6-3-13-25-23(19)20/h2-13,15H,14H2,1H3,(H,26,29)(H,27,28,30)/b12-11+. The van der Waals surface area contributed by atoms with E-state index in [1.807, 2.05) is 60.0 Å². The number of hydrogen-bond donors (Lipinski definition) is 2. The highest BCUT2D eigenvalue weighted by Crippen LogP contribution is 2.25. The fraction of sp³-hybridized carbons (Fsp3) is 0.0833. The van der Waals surface area contributed by atoms with Crippen molar-refractivity contribution in [3.05, 3.63) is 83.4 Å². The summed E-state index contributed by atoms with van der Waals surface area (Å²) in [4.78, 5) is 32.3. The number of aromatic nitrogens is 2. The molecule has 0 saturated heterocycles. The van der Waals surface area contributed by atoms with Crippen molar-refractivity contribution < 1.29 is 9.59 Å². The van der Waals surface area contributed by atoms with Gasteiger partial charge in [-0.1, -0.05) is 48.5 Å². The predicted octanol–water partition coefficient (Wildman–Crippen LogP) is 4.65. The molecule has 0 saturated carbocycles. The Kier molecular flexibility index (Phi) is 6.14. The van der Waals surface area contributed by atoms with E-state index >= 15 is 0 Å². The highest BCUT2D eigenvalue weighted by Gasteiger charge is 2.07. The normalized spacial score (nSPS) is 11.0. The van der Waals surface area contributed by atoms with Crippen molar-refractivity contribution in [3.8, 4) is 11.3 Å². The fourth-order valence-electron chi connectivity index (χ4n) is 3.06. The van der Waals surface area contributed by atoms with Crippen molar-refractivity contribution in [2.24, 2.45) is 0 Å². The van der Waals surface area contributed by atoms with Crippen LogP contribution in [0.1, 0.15) is 18.1 Å². The van der Waals surface area contributed by atoms with Crippen molar-refractivity contribution in [1.29, 1.82) is 0 Å². The van der Waals surface area contributed by atoms with Gasteiger partial charge < -0.3 is 5.32 Å². The zero-order valence-electron chi connectivity index (χ0n) is 16.8. The third kappa shape index (κ3) is 5.21. The summed E-state index contributed by atoms with van der Waals surface area (Å²) >= 11 is 1.37. The minimum absolute atomic E-state index is 0.0604. The first-order valence-electron chi connectivity index (χ1n) is 9.70. The van der Waals surface area contributed by atoms with Crippen LogP contribution in [0, 0.1) is 0 Å². The van der Waals surface area contributed by atoms with Gasteiger partial charge in [0.05, 0.1) is 11.2 Å². The topological polar surface area (TPSA) is 84.0 Å². The number of amides is 2. The second-order valence-corrected chi connectivity index (χ2v) is 7.75. The monoisotopic (exact) mass is 428 g/mol. The SMILES string of the molecule is CC(=O)NCc1ccc(-c2csc(NC(=O)/C=C/c3cccc4cccnc34)n2)cc1. The van der Waals surface area contributed by atoms with Crippen LogP contribution in [0.2, 0.25) is 0 Å². The van der Waals surface area contributed by atoms with E-state index in [9.17, 15) is 9.59 Å². The molecule has 0 fully saturated rings. The van der Waals surface area contributed by atoms with Crippen molar-refractivity contribution in [1.82, 2.24) is 15.3 Å². The minimum atomic E-state index is -0.250. The van der Waals surface area contributed by atoms with Gasteiger partial charge >= 0.3 is 0 Å². The van der Waals surface area contributed by atoms with E-state index in [1.54, 1.807) is 12.3 Å². The number of carbonyl (C=O) groups is 2. The van der Waals surface area contributed by atoms with Crippen LogP contribution in [0.4, 0.5) is 5.13 Å². The van der Waals surface area contributed by atoms with Crippen molar-refractivity contribution in [3.63, 3.8) is 0 Å². The van der Waals surface area contributed by atoms with E-state index in [0.717, 1.165) is 33.3 Å². The molecule has 4 rings (SSSR count). The molecule has 0 bridgehead atoms. The first-order chi connectivity index (χ1) is 15.1. The van der Waals surface area contributed by atoms with Crippen molar-refractivity contribution in [2.75, 3.05) is 5.32 Å². The Bertz CT molecular complexity index is 1260. The number of fused-ring (bicyclic) bond motifs is 1. The van der Waals surface area contributed by atoms with Gasteiger partial charge in [-0.3, -0.25) is 19.9 Å². The molecule has 4 aromatic rings. The number of anilines is 1.